The highest BCUT2D eigenvalue weighted by Gasteiger charge is 2.45. The summed E-state index contributed by atoms with van der Waals surface area (Å²) >= 11 is 1.65. The third-order valence-corrected chi connectivity index (χ3v) is 5.29. The summed E-state index contributed by atoms with van der Waals surface area (Å²) < 4.78 is 4.72. The lowest BCUT2D eigenvalue weighted by molar-refractivity contribution is -0.128. The maximum Gasteiger partial charge on any atom is 0.337 e. The van der Waals surface area contributed by atoms with Crippen molar-refractivity contribution in [1.29, 1.82) is 0 Å². The van der Waals surface area contributed by atoms with Gasteiger partial charge in [-0.15, -0.1) is 11.8 Å². The molecule has 1 fully saturated rings. The van der Waals surface area contributed by atoms with E-state index in [0.29, 0.717) is 5.56 Å². The zero-order valence-electron chi connectivity index (χ0n) is 10.7. The van der Waals surface area contributed by atoms with Gasteiger partial charge < -0.3 is 10.1 Å². The number of methoxy groups -OCH3 is 1. The van der Waals surface area contributed by atoms with Gasteiger partial charge in [-0.05, 0) is 31.0 Å². The SMILES string of the molecule is COC(=O)c1ccc2c(c1)SCC1(CCC1)C(=O)N2. The number of rotatable bonds is 1. The smallest absolute Gasteiger partial charge is 0.337 e. The van der Waals surface area contributed by atoms with Crippen LogP contribution in [0.15, 0.2) is 23.1 Å². The van der Waals surface area contributed by atoms with Crippen LogP contribution in [0.25, 0.3) is 0 Å². The minimum Gasteiger partial charge on any atom is -0.465 e. The first-order chi connectivity index (χ1) is 9.14. The average molecular weight is 277 g/mol. The van der Waals surface area contributed by atoms with Gasteiger partial charge in [0.25, 0.3) is 0 Å². The number of ether oxygens (including phenoxy) is 1. The van der Waals surface area contributed by atoms with Gasteiger partial charge in [0, 0.05) is 10.6 Å². The first kappa shape index (κ1) is 12.5. The molecule has 1 aliphatic carbocycles. The Bertz CT molecular complexity index is 552. The van der Waals surface area contributed by atoms with Crippen molar-refractivity contribution in [3.05, 3.63) is 23.8 Å². The molecule has 100 valence electrons. The number of nitrogens with one attached hydrogen (secondary N) is 1. The monoisotopic (exact) mass is 277 g/mol. The van der Waals surface area contributed by atoms with Crippen molar-refractivity contribution in [2.45, 2.75) is 24.2 Å². The Balaban J connectivity index is 1.92. The molecule has 2 aliphatic rings. The quantitative estimate of drug-likeness (QED) is 0.802. The van der Waals surface area contributed by atoms with Crippen molar-refractivity contribution in [3.63, 3.8) is 0 Å². The molecule has 3 rings (SSSR count). The Hall–Kier alpha value is -1.49. The van der Waals surface area contributed by atoms with Crippen LogP contribution in [0.2, 0.25) is 0 Å². The van der Waals surface area contributed by atoms with Crippen molar-refractivity contribution in [2.24, 2.45) is 5.41 Å². The Labute approximate surface area is 115 Å². The molecule has 1 N–H and O–H groups in total. The summed E-state index contributed by atoms with van der Waals surface area (Å²) in [5.74, 6) is 0.560. The fourth-order valence-electron chi connectivity index (χ4n) is 2.50. The number of carbonyl (C=O) groups is 2. The second-order valence-electron chi connectivity index (χ2n) is 5.08. The van der Waals surface area contributed by atoms with Crippen LogP contribution in [-0.2, 0) is 9.53 Å². The predicted molar refractivity (Wildman–Crippen MR) is 73.4 cm³/mol. The maximum absolute atomic E-state index is 12.2. The number of hydrogen-bond donors (Lipinski definition) is 1. The van der Waals surface area contributed by atoms with E-state index in [4.69, 9.17) is 4.74 Å². The average Bonchev–Trinajstić information content (AvgIpc) is 2.52. The minimum absolute atomic E-state index is 0.121. The number of carbonyl (C=O) groups excluding carboxylic acids is 2. The van der Waals surface area contributed by atoms with Crippen LogP contribution in [0.1, 0.15) is 29.6 Å². The highest BCUT2D eigenvalue weighted by molar-refractivity contribution is 7.99. The summed E-state index contributed by atoms with van der Waals surface area (Å²) in [6.45, 7) is 0. The third kappa shape index (κ3) is 2.02. The first-order valence-electron chi connectivity index (χ1n) is 6.31. The van der Waals surface area contributed by atoms with Crippen molar-refractivity contribution < 1.29 is 14.3 Å². The summed E-state index contributed by atoms with van der Waals surface area (Å²) in [5.41, 5.74) is 1.12. The van der Waals surface area contributed by atoms with Gasteiger partial charge in [-0.25, -0.2) is 4.79 Å². The molecule has 1 heterocycles. The molecule has 0 atom stereocenters. The lowest BCUT2D eigenvalue weighted by Gasteiger charge is -2.38. The Kier molecular flexibility index (Phi) is 3.01. The summed E-state index contributed by atoms with van der Waals surface area (Å²) in [4.78, 5) is 24.7. The fraction of sp³-hybridized carbons (Fsp3) is 0.429. The molecule has 1 aromatic rings. The predicted octanol–water partition coefficient (Wildman–Crippen LogP) is 2.69. The number of amides is 1. The van der Waals surface area contributed by atoms with Crippen LogP contribution >= 0.6 is 11.8 Å². The van der Waals surface area contributed by atoms with Gasteiger partial charge in [0.2, 0.25) is 5.91 Å². The maximum atomic E-state index is 12.2. The van der Waals surface area contributed by atoms with Gasteiger partial charge in [-0.1, -0.05) is 6.42 Å². The molecular formula is C14H15NO3S. The normalized spacial score (nSPS) is 19.9. The van der Waals surface area contributed by atoms with E-state index in [2.05, 4.69) is 5.32 Å². The first-order valence-corrected chi connectivity index (χ1v) is 7.30. The molecule has 1 aliphatic heterocycles. The van der Waals surface area contributed by atoms with E-state index in [1.54, 1.807) is 30.0 Å². The molecular weight excluding hydrogens is 262 g/mol. The Morgan fingerprint density at radius 2 is 2.21 bits per heavy atom. The second-order valence-corrected chi connectivity index (χ2v) is 6.10. The van der Waals surface area contributed by atoms with Gasteiger partial charge in [0.05, 0.1) is 23.8 Å². The largest absolute Gasteiger partial charge is 0.465 e. The molecule has 1 saturated carbocycles. The molecule has 4 nitrogen and oxygen atoms in total. The van der Waals surface area contributed by atoms with Gasteiger partial charge in [-0.2, -0.15) is 0 Å². The fourth-order valence-corrected chi connectivity index (χ4v) is 3.84. The van der Waals surface area contributed by atoms with Crippen molar-refractivity contribution in [3.8, 4) is 0 Å². The zero-order chi connectivity index (χ0) is 13.5. The molecule has 19 heavy (non-hydrogen) atoms. The van der Waals surface area contributed by atoms with Gasteiger partial charge in [0.15, 0.2) is 0 Å². The van der Waals surface area contributed by atoms with E-state index >= 15 is 0 Å². The van der Waals surface area contributed by atoms with Gasteiger partial charge >= 0.3 is 5.97 Å². The highest BCUT2D eigenvalue weighted by atomic mass is 32.2. The van der Waals surface area contributed by atoms with Gasteiger partial charge in [0.1, 0.15) is 0 Å². The molecule has 1 amide bonds. The van der Waals surface area contributed by atoms with Crippen molar-refractivity contribution in [2.75, 3.05) is 18.2 Å². The number of anilines is 1. The molecule has 5 heteroatoms. The minimum atomic E-state index is -0.350. The summed E-state index contributed by atoms with van der Waals surface area (Å²) in [6.07, 6.45) is 3.05. The van der Waals surface area contributed by atoms with E-state index in [1.807, 2.05) is 0 Å². The van der Waals surface area contributed by atoms with Crippen molar-refractivity contribution >= 4 is 29.3 Å². The number of benzene rings is 1. The van der Waals surface area contributed by atoms with Gasteiger partial charge in [-0.3, -0.25) is 4.79 Å². The Morgan fingerprint density at radius 1 is 1.42 bits per heavy atom. The molecule has 0 radical (unpaired) electrons. The molecule has 0 unspecified atom stereocenters. The number of thioether (sulfide) groups is 1. The topological polar surface area (TPSA) is 55.4 Å². The van der Waals surface area contributed by atoms with Crippen LogP contribution in [0.5, 0.6) is 0 Å². The van der Waals surface area contributed by atoms with E-state index < -0.39 is 0 Å². The van der Waals surface area contributed by atoms with Crippen molar-refractivity contribution in [1.82, 2.24) is 0 Å². The number of fused-ring (bicyclic) bond motifs is 1. The molecule has 1 aromatic carbocycles. The second kappa shape index (κ2) is 4.56. The van der Waals surface area contributed by atoms with Crippen LogP contribution < -0.4 is 5.32 Å². The number of esters is 1. The standard InChI is InChI=1S/C14H15NO3S/c1-18-12(16)9-3-4-10-11(7-9)19-8-14(5-2-6-14)13(17)15-10/h3-4,7H,2,5-6,8H2,1H3,(H,15,17). The van der Waals surface area contributed by atoms with E-state index in [9.17, 15) is 9.59 Å². The molecule has 0 bridgehead atoms. The summed E-state index contributed by atoms with van der Waals surface area (Å²) in [6, 6.07) is 5.26. The number of hydrogen-bond acceptors (Lipinski definition) is 4. The molecule has 0 saturated heterocycles. The summed E-state index contributed by atoms with van der Waals surface area (Å²) in [5, 5.41) is 2.99. The van der Waals surface area contributed by atoms with Crippen LogP contribution in [0, 0.1) is 5.41 Å². The van der Waals surface area contributed by atoms with E-state index in [1.165, 1.54) is 7.11 Å². The van der Waals surface area contributed by atoms with Crippen LogP contribution in [0.3, 0.4) is 0 Å². The molecule has 1 spiro atoms. The van der Waals surface area contributed by atoms with E-state index in [0.717, 1.165) is 35.6 Å². The lowest BCUT2D eigenvalue weighted by Crippen LogP contribution is -2.43. The summed E-state index contributed by atoms with van der Waals surface area (Å²) in [7, 11) is 1.37. The molecule has 0 aromatic heterocycles. The van der Waals surface area contributed by atoms with Crippen LogP contribution in [-0.4, -0.2) is 24.7 Å². The lowest BCUT2D eigenvalue weighted by atomic mass is 9.69. The zero-order valence-corrected chi connectivity index (χ0v) is 11.5. The Morgan fingerprint density at radius 3 is 2.84 bits per heavy atom. The highest BCUT2D eigenvalue weighted by Crippen LogP contribution is 2.48. The third-order valence-electron chi connectivity index (χ3n) is 3.95. The van der Waals surface area contributed by atoms with E-state index in [-0.39, 0.29) is 17.3 Å². The van der Waals surface area contributed by atoms with Crippen LogP contribution in [0.4, 0.5) is 5.69 Å².